The molecule has 0 amide bonds. The minimum atomic E-state index is -0.934. The molecule has 0 saturated heterocycles. The van der Waals surface area contributed by atoms with E-state index in [4.69, 9.17) is 14.7 Å². The van der Waals surface area contributed by atoms with Crippen LogP contribution in [0.25, 0.3) is 5.69 Å². The molecule has 0 bridgehead atoms. The van der Waals surface area contributed by atoms with E-state index in [1.165, 1.54) is 31.2 Å². The lowest BCUT2D eigenvalue weighted by atomic mass is 10.2. The fourth-order valence-electron chi connectivity index (χ4n) is 2.68. The molecule has 0 aliphatic rings. The zero-order valence-electron chi connectivity index (χ0n) is 15.7. The number of ether oxygens (including phenoxy) is 2. The number of benzene rings is 2. The SMILES string of the molecule is Cc1c(F)c(Oc2ccc(C#N)cc2)nc(Oc2cccc(-n3ccnc3)c2)c1F. The molecule has 0 aliphatic heterocycles. The van der Waals surface area contributed by atoms with E-state index in [2.05, 4.69) is 9.97 Å². The Kier molecular flexibility index (Phi) is 5.09. The highest BCUT2D eigenvalue weighted by Gasteiger charge is 2.21. The fourth-order valence-corrected chi connectivity index (χ4v) is 2.68. The fraction of sp³-hybridized carbons (Fsp3) is 0.0455. The molecule has 0 unspecified atom stereocenters. The van der Waals surface area contributed by atoms with Crippen molar-refractivity contribution in [2.24, 2.45) is 0 Å². The molecule has 4 rings (SSSR count). The summed E-state index contributed by atoms with van der Waals surface area (Å²) in [4.78, 5) is 7.86. The van der Waals surface area contributed by atoms with Crippen molar-refractivity contribution in [1.82, 2.24) is 14.5 Å². The average Bonchev–Trinajstić information content (AvgIpc) is 3.31. The van der Waals surface area contributed by atoms with E-state index in [0.717, 1.165) is 5.69 Å². The van der Waals surface area contributed by atoms with E-state index in [9.17, 15) is 8.78 Å². The monoisotopic (exact) mass is 404 g/mol. The lowest BCUT2D eigenvalue weighted by molar-refractivity contribution is 0.373. The van der Waals surface area contributed by atoms with E-state index in [-0.39, 0.29) is 11.3 Å². The molecule has 0 saturated carbocycles. The largest absolute Gasteiger partial charge is 0.436 e. The number of halogens is 2. The first-order valence-electron chi connectivity index (χ1n) is 8.85. The van der Waals surface area contributed by atoms with Gasteiger partial charge in [0.2, 0.25) is 0 Å². The van der Waals surface area contributed by atoms with Crippen molar-refractivity contribution >= 4 is 0 Å². The maximum atomic E-state index is 14.6. The zero-order valence-corrected chi connectivity index (χ0v) is 15.7. The summed E-state index contributed by atoms with van der Waals surface area (Å²) in [7, 11) is 0. The van der Waals surface area contributed by atoms with Crippen molar-refractivity contribution < 1.29 is 18.3 Å². The van der Waals surface area contributed by atoms with Crippen LogP contribution in [-0.2, 0) is 0 Å². The number of nitrogens with zero attached hydrogens (tertiary/aromatic N) is 4. The molecule has 0 spiro atoms. The van der Waals surface area contributed by atoms with Crippen LogP contribution >= 0.6 is 0 Å². The number of hydrogen-bond acceptors (Lipinski definition) is 5. The Morgan fingerprint density at radius 3 is 2.30 bits per heavy atom. The first kappa shape index (κ1) is 19.1. The predicted octanol–water partition coefficient (Wildman–Crippen LogP) is 5.31. The lowest BCUT2D eigenvalue weighted by Gasteiger charge is -2.13. The number of nitriles is 1. The summed E-state index contributed by atoms with van der Waals surface area (Å²) in [5, 5.41) is 8.86. The van der Waals surface area contributed by atoms with E-state index in [1.54, 1.807) is 41.5 Å². The van der Waals surface area contributed by atoms with Gasteiger partial charge in [0.1, 0.15) is 11.5 Å². The van der Waals surface area contributed by atoms with Crippen LogP contribution in [0.2, 0.25) is 0 Å². The molecule has 2 heterocycles. The molecule has 0 N–H and O–H groups in total. The number of rotatable bonds is 5. The molecular formula is C22H14F2N4O2. The Hall–Kier alpha value is -4.25. The molecule has 0 radical (unpaired) electrons. The van der Waals surface area contributed by atoms with Crippen LogP contribution < -0.4 is 9.47 Å². The minimum absolute atomic E-state index is 0.250. The molecule has 30 heavy (non-hydrogen) atoms. The number of hydrogen-bond donors (Lipinski definition) is 0. The summed E-state index contributed by atoms with van der Waals surface area (Å²) < 4.78 is 41.9. The predicted molar refractivity (Wildman–Crippen MR) is 104 cm³/mol. The molecule has 0 aliphatic carbocycles. The van der Waals surface area contributed by atoms with Crippen LogP contribution in [0, 0.1) is 29.9 Å². The zero-order chi connectivity index (χ0) is 21.1. The molecule has 0 fully saturated rings. The normalized spacial score (nSPS) is 10.5. The molecule has 8 heteroatoms. The third-order valence-corrected chi connectivity index (χ3v) is 4.27. The third kappa shape index (κ3) is 3.82. The summed E-state index contributed by atoms with van der Waals surface area (Å²) in [6, 6.07) is 14.8. The van der Waals surface area contributed by atoms with Crippen LogP contribution in [-0.4, -0.2) is 14.5 Å². The van der Waals surface area contributed by atoms with Crippen molar-refractivity contribution in [3.63, 3.8) is 0 Å². The summed E-state index contributed by atoms with van der Waals surface area (Å²) in [6.07, 6.45) is 5.00. The second kappa shape index (κ2) is 8.01. The summed E-state index contributed by atoms with van der Waals surface area (Å²) in [6.45, 7) is 1.27. The van der Waals surface area contributed by atoms with E-state index in [0.29, 0.717) is 11.3 Å². The van der Waals surface area contributed by atoms with Gasteiger partial charge in [-0.1, -0.05) is 6.07 Å². The van der Waals surface area contributed by atoms with Crippen molar-refractivity contribution in [2.75, 3.05) is 0 Å². The van der Waals surface area contributed by atoms with E-state index >= 15 is 0 Å². The van der Waals surface area contributed by atoms with Crippen LogP contribution in [0.1, 0.15) is 11.1 Å². The third-order valence-electron chi connectivity index (χ3n) is 4.27. The topological polar surface area (TPSA) is 73.0 Å². The van der Waals surface area contributed by atoms with Gasteiger partial charge in [0.25, 0.3) is 11.8 Å². The molecule has 6 nitrogen and oxygen atoms in total. The quantitative estimate of drug-likeness (QED) is 0.451. The maximum absolute atomic E-state index is 14.6. The van der Waals surface area contributed by atoms with Crippen LogP contribution in [0.4, 0.5) is 8.78 Å². The average molecular weight is 404 g/mol. The van der Waals surface area contributed by atoms with Gasteiger partial charge in [-0.15, -0.1) is 0 Å². The summed E-state index contributed by atoms with van der Waals surface area (Å²) in [5.41, 5.74) is 0.889. The highest BCUT2D eigenvalue weighted by atomic mass is 19.1. The summed E-state index contributed by atoms with van der Waals surface area (Å²) in [5.74, 6) is -2.15. The summed E-state index contributed by atoms with van der Waals surface area (Å²) >= 11 is 0. The Balaban J connectivity index is 1.65. The van der Waals surface area contributed by atoms with E-state index < -0.39 is 23.4 Å². The van der Waals surface area contributed by atoms with Gasteiger partial charge in [0.15, 0.2) is 11.6 Å². The molecule has 0 atom stereocenters. The number of aromatic nitrogens is 3. The van der Waals surface area contributed by atoms with Gasteiger partial charge in [-0.25, -0.2) is 13.8 Å². The van der Waals surface area contributed by atoms with Crippen molar-refractivity contribution in [2.45, 2.75) is 6.92 Å². The second-order valence-corrected chi connectivity index (χ2v) is 6.28. The van der Waals surface area contributed by atoms with Gasteiger partial charge >= 0.3 is 0 Å². The van der Waals surface area contributed by atoms with Gasteiger partial charge < -0.3 is 14.0 Å². The minimum Gasteiger partial charge on any atom is -0.436 e. The van der Waals surface area contributed by atoms with E-state index in [1.807, 2.05) is 12.1 Å². The standard InChI is InChI=1S/C22H14F2N4O2/c1-14-19(23)21(29-17-7-5-15(12-25)6-8-17)27-22(20(14)24)30-18-4-2-3-16(11-18)28-10-9-26-13-28/h2-11,13H,1H3. The molecule has 4 aromatic rings. The maximum Gasteiger partial charge on any atom is 0.259 e. The lowest BCUT2D eigenvalue weighted by Crippen LogP contribution is -2.02. The van der Waals surface area contributed by atoms with Crippen LogP contribution in [0.3, 0.4) is 0 Å². The smallest absolute Gasteiger partial charge is 0.259 e. The van der Waals surface area contributed by atoms with Crippen LogP contribution in [0.5, 0.6) is 23.3 Å². The first-order chi connectivity index (χ1) is 14.5. The van der Waals surface area contributed by atoms with Gasteiger partial charge in [-0.3, -0.25) is 0 Å². The Bertz CT molecular complexity index is 1230. The van der Waals surface area contributed by atoms with Gasteiger partial charge in [0, 0.05) is 24.0 Å². The van der Waals surface area contributed by atoms with Gasteiger partial charge in [-0.05, 0) is 43.3 Å². The Morgan fingerprint density at radius 2 is 1.67 bits per heavy atom. The van der Waals surface area contributed by atoms with Gasteiger partial charge in [-0.2, -0.15) is 10.2 Å². The second-order valence-electron chi connectivity index (χ2n) is 6.28. The highest BCUT2D eigenvalue weighted by molar-refractivity contribution is 5.43. The van der Waals surface area contributed by atoms with Crippen molar-refractivity contribution in [1.29, 1.82) is 5.26 Å². The highest BCUT2D eigenvalue weighted by Crippen LogP contribution is 2.33. The molecular weight excluding hydrogens is 390 g/mol. The number of pyridine rings is 1. The van der Waals surface area contributed by atoms with Crippen LogP contribution in [0.15, 0.2) is 67.3 Å². The molecule has 2 aromatic carbocycles. The Labute approximate surface area is 170 Å². The molecule has 2 aromatic heterocycles. The Morgan fingerprint density at radius 1 is 0.967 bits per heavy atom. The number of imidazole rings is 1. The van der Waals surface area contributed by atoms with Crippen molar-refractivity contribution in [3.05, 3.63) is 90.0 Å². The van der Waals surface area contributed by atoms with Gasteiger partial charge in [0.05, 0.1) is 23.6 Å². The molecule has 148 valence electrons. The first-order valence-corrected chi connectivity index (χ1v) is 8.85. The van der Waals surface area contributed by atoms with Crippen molar-refractivity contribution in [3.8, 4) is 35.0 Å².